The lowest BCUT2D eigenvalue weighted by Crippen LogP contribution is -1.92. The number of hydrogen-bond donors (Lipinski definition) is 1. The average molecular weight is 260 g/mol. The normalized spacial score (nSPS) is 10.9. The number of hydrogen-bond acceptors (Lipinski definition) is 2. The Morgan fingerprint density at radius 2 is 2.23 bits per heavy atom. The second kappa shape index (κ2) is 3.27. The molecule has 1 nitrogen and oxygen atoms in total. The molecule has 0 aliphatic rings. The second-order valence-corrected chi connectivity index (χ2v) is 4.20. The minimum absolute atomic E-state index is 0.222. The van der Waals surface area contributed by atoms with Gasteiger partial charge in [-0.25, -0.2) is 4.39 Å². The molecule has 0 spiro atoms. The highest BCUT2D eigenvalue weighted by Crippen LogP contribution is 2.32. The highest BCUT2D eigenvalue weighted by Gasteiger charge is 2.09. The van der Waals surface area contributed by atoms with Gasteiger partial charge >= 0.3 is 0 Å². The molecule has 2 N–H and O–H groups in total. The van der Waals surface area contributed by atoms with Gasteiger partial charge in [-0.2, -0.15) is 0 Å². The van der Waals surface area contributed by atoms with Gasteiger partial charge in [-0.1, -0.05) is 22.0 Å². The number of anilines is 1. The summed E-state index contributed by atoms with van der Waals surface area (Å²) in [7, 11) is 0. The average Bonchev–Trinajstić information content (AvgIpc) is 2.49. The molecule has 0 radical (unpaired) electrons. The maximum absolute atomic E-state index is 13.2. The van der Waals surface area contributed by atoms with Crippen molar-refractivity contribution in [1.82, 2.24) is 0 Å². The van der Waals surface area contributed by atoms with E-state index >= 15 is 0 Å². The van der Waals surface area contributed by atoms with Crippen molar-refractivity contribution in [2.45, 2.75) is 5.33 Å². The molecule has 2 aromatic rings. The molecule has 2 rings (SSSR count). The first-order chi connectivity index (χ1) is 6.24. The van der Waals surface area contributed by atoms with E-state index in [0.29, 0.717) is 16.4 Å². The van der Waals surface area contributed by atoms with Crippen molar-refractivity contribution in [3.05, 3.63) is 28.9 Å². The van der Waals surface area contributed by atoms with E-state index in [1.165, 1.54) is 16.7 Å². The summed E-state index contributed by atoms with van der Waals surface area (Å²) in [4.78, 5) is 0. The van der Waals surface area contributed by atoms with Crippen LogP contribution in [0.25, 0.3) is 10.1 Å². The molecule has 0 fully saturated rings. The van der Waals surface area contributed by atoms with Gasteiger partial charge in [0, 0.05) is 21.1 Å². The van der Waals surface area contributed by atoms with Gasteiger partial charge in [-0.15, -0.1) is 11.3 Å². The van der Waals surface area contributed by atoms with Crippen LogP contribution in [0.4, 0.5) is 10.1 Å². The van der Waals surface area contributed by atoms with Crippen LogP contribution in [0.1, 0.15) is 5.56 Å². The van der Waals surface area contributed by atoms with E-state index in [0.717, 1.165) is 10.3 Å². The van der Waals surface area contributed by atoms with Crippen molar-refractivity contribution < 1.29 is 4.39 Å². The van der Waals surface area contributed by atoms with E-state index in [9.17, 15) is 4.39 Å². The Labute approximate surface area is 87.5 Å². The lowest BCUT2D eigenvalue weighted by molar-refractivity contribution is 0.644. The summed E-state index contributed by atoms with van der Waals surface area (Å²) in [6.45, 7) is 0. The fourth-order valence-electron chi connectivity index (χ4n) is 1.28. The van der Waals surface area contributed by atoms with Crippen LogP contribution in [0.5, 0.6) is 0 Å². The fourth-order valence-corrected chi connectivity index (χ4v) is 2.59. The number of fused-ring (bicyclic) bond motifs is 1. The SMILES string of the molecule is Nc1c(CBr)ccc2scc(F)c12. The van der Waals surface area contributed by atoms with Crippen LogP contribution in [0, 0.1) is 5.82 Å². The molecule has 0 unspecified atom stereocenters. The number of nitrogen functional groups attached to an aromatic ring is 1. The van der Waals surface area contributed by atoms with Gasteiger partial charge in [0.2, 0.25) is 0 Å². The molecule has 0 aliphatic carbocycles. The molecule has 0 saturated carbocycles. The van der Waals surface area contributed by atoms with Gasteiger partial charge in [-0.05, 0) is 11.6 Å². The zero-order valence-electron chi connectivity index (χ0n) is 6.68. The molecule has 0 atom stereocenters. The number of benzene rings is 1. The summed E-state index contributed by atoms with van der Waals surface area (Å²) >= 11 is 4.68. The quantitative estimate of drug-likeness (QED) is 0.616. The van der Waals surface area contributed by atoms with Crippen LogP contribution in [0.3, 0.4) is 0 Å². The summed E-state index contributed by atoms with van der Waals surface area (Å²) in [6, 6.07) is 3.82. The van der Waals surface area contributed by atoms with Crippen molar-refractivity contribution in [2.75, 3.05) is 5.73 Å². The molecular weight excluding hydrogens is 253 g/mol. The van der Waals surface area contributed by atoms with Gasteiger partial charge in [0.15, 0.2) is 0 Å². The lowest BCUT2D eigenvalue weighted by atomic mass is 10.1. The Morgan fingerprint density at radius 1 is 1.46 bits per heavy atom. The van der Waals surface area contributed by atoms with Crippen LogP contribution in [-0.4, -0.2) is 0 Å². The second-order valence-electron chi connectivity index (χ2n) is 2.73. The number of thiophene rings is 1. The largest absolute Gasteiger partial charge is 0.398 e. The molecule has 68 valence electrons. The first-order valence-electron chi connectivity index (χ1n) is 3.74. The fraction of sp³-hybridized carbons (Fsp3) is 0.111. The number of nitrogens with two attached hydrogens (primary N) is 1. The van der Waals surface area contributed by atoms with E-state index < -0.39 is 0 Å². The van der Waals surface area contributed by atoms with Crippen molar-refractivity contribution in [1.29, 1.82) is 0 Å². The van der Waals surface area contributed by atoms with Crippen molar-refractivity contribution in [3.8, 4) is 0 Å². The Morgan fingerprint density at radius 3 is 2.92 bits per heavy atom. The van der Waals surface area contributed by atoms with E-state index in [1.807, 2.05) is 12.1 Å². The summed E-state index contributed by atoms with van der Waals surface area (Å²) in [5.74, 6) is -0.222. The highest BCUT2D eigenvalue weighted by atomic mass is 79.9. The molecular formula is C9H7BrFNS. The molecule has 1 heterocycles. The number of halogens is 2. The first-order valence-corrected chi connectivity index (χ1v) is 5.74. The van der Waals surface area contributed by atoms with Gasteiger partial charge in [0.1, 0.15) is 5.82 Å². The predicted molar refractivity (Wildman–Crippen MR) is 58.8 cm³/mol. The van der Waals surface area contributed by atoms with Gasteiger partial charge in [-0.3, -0.25) is 0 Å². The molecule has 4 heteroatoms. The molecule has 1 aromatic heterocycles. The predicted octanol–water partition coefficient (Wildman–Crippen LogP) is 3.52. The molecule has 0 bridgehead atoms. The third-order valence-corrected chi connectivity index (χ3v) is 3.49. The minimum atomic E-state index is -0.222. The third kappa shape index (κ3) is 1.34. The number of alkyl halides is 1. The minimum Gasteiger partial charge on any atom is -0.398 e. The maximum atomic E-state index is 13.2. The summed E-state index contributed by atoms with van der Waals surface area (Å²) in [5, 5.41) is 2.70. The summed E-state index contributed by atoms with van der Waals surface area (Å²) < 4.78 is 14.1. The zero-order valence-corrected chi connectivity index (χ0v) is 9.08. The smallest absolute Gasteiger partial charge is 0.143 e. The maximum Gasteiger partial charge on any atom is 0.143 e. The van der Waals surface area contributed by atoms with Crippen LogP contribution in [-0.2, 0) is 5.33 Å². The highest BCUT2D eigenvalue weighted by molar-refractivity contribution is 9.08. The van der Waals surface area contributed by atoms with Gasteiger partial charge in [0.25, 0.3) is 0 Å². The topological polar surface area (TPSA) is 26.0 Å². The Hall–Kier alpha value is -0.610. The Kier molecular flexibility index (Phi) is 2.26. The zero-order chi connectivity index (χ0) is 9.42. The van der Waals surface area contributed by atoms with Crippen LogP contribution < -0.4 is 5.73 Å². The summed E-state index contributed by atoms with van der Waals surface area (Å²) in [6.07, 6.45) is 0. The molecule has 0 saturated heterocycles. The van der Waals surface area contributed by atoms with Gasteiger partial charge < -0.3 is 5.73 Å². The van der Waals surface area contributed by atoms with E-state index in [2.05, 4.69) is 15.9 Å². The van der Waals surface area contributed by atoms with Crippen molar-refractivity contribution >= 4 is 43.0 Å². The molecule has 0 aliphatic heterocycles. The third-order valence-electron chi connectivity index (χ3n) is 1.97. The van der Waals surface area contributed by atoms with Gasteiger partial charge in [0.05, 0.1) is 5.39 Å². The molecule has 13 heavy (non-hydrogen) atoms. The monoisotopic (exact) mass is 259 g/mol. The van der Waals surface area contributed by atoms with Crippen molar-refractivity contribution in [2.24, 2.45) is 0 Å². The first kappa shape index (κ1) is 8.97. The Balaban J connectivity index is 2.83. The van der Waals surface area contributed by atoms with Crippen LogP contribution in [0.15, 0.2) is 17.5 Å². The summed E-state index contributed by atoms with van der Waals surface area (Å²) in [5.41, 5.74) is 7.30. The Bertz CT molecular complexity index is 452. The van der Waals surface area contributed by atoms with Crippen LogP contribution in [0.2, 0.25) is 0 Å². The molecule has 0 amide bonds. The number of rotatable bonds is 1. The van der Waals surface area contributed by atoms with E-state index in [1.54, 1.807) is 0 Å². The van der Waals surface area contributed by atoms with Crippen molar-refractivity contribution in [3.63, 3.8) is 0 Å². The van der Waals surface area contributed by atoms with E-state index in [-0.39, 0.29) is 5.82 Å². The molecule has 1 aromatic carbocycles. The lowest BCUT2D eigenvalue weighted by Gasteiger charge is -2.02. The standard InChI is InChI=1S/C9H7BrFNS/c10-3-5-1-2-7-8(9(5)12)6(11)4-13-7/h1-2,4H,3,12H2. The van der Waals surface area contributed by atoms with Crippen LogP contribution >= 0.6 is 27.3 Å². The van der Waals surface area contributed by atoms with E-state index in [4.69, 9.17) is 5.73 Å².